The van der Waals surface area contributed by atoms with Gasteiger partial charge in [-0.25, -0.2) is 13.6 Å². The van der Waals surface area contributed by atoms with E-state index in [0.717, 1.165) is 0 Å². The Bertz CT molecular complexity index is 402. The lowest BCUT2D eigenvalue weighted by Gasteiger charge is -2.08. The minimum atomic E-state index is -3.74. The molecule has 0 atom stereocenters. The molecule has 0 amide bonds. The number of sulfonamides is 1. The van der Waals surface area contributed by atoms with E-state index in [9.17, 15) is 8.42 Å². The van der Waals surface area contributed by atoms with E-state index in [1.165, 1.54) is 19.2 Å². The molecule has 1 aromatic carbocycles. The van der Waals surface area contributed by atoms with Crippen molar-refractivity contribution in [2.75, 3.05) is 13.9 Å². The second-order valence-electron chi connectivity index (χ2n) is 2.54. The van der Waals surface area contributed by atoms with Crippen molar-refractivity contribution in [3.63, 3.8) is 0 Å². The lowest BCUT2D eigenvalue weighted by atomic mass is 10.3. The molecule has 0 radical (unpaired) electrons. The number of hydrogen-bond donors (Lipinski definition) is 1. The zero-order chi connectivity index (χ0) is 10.6. The number of ether oxygens (including phenoxy) is 2. The molecule has 0 heterocycles. The van der Waals surface area contributed by atoms with Crippen LogP contribution in [0.25, 0.3) is 0 Å². The van der Waals surface area contributed by atoms with Crippen LogP contribution in [0.3, 0.4) is 0 Å². The number of hydrogen-bond acceptors (Lipinski definition) is 4. The Morgan fingerprint density at radius 3 is 2.57 bits per heavy atom. The average molecular weight is 217 g/mol. The van der Waals surface area contributed by atoms with Crippen LogP contribution in [0.4, 0.5) is 0 Å². The number of nitrogens with two attached hydrogens (primary N) is 1. The molecule has 0 saturated heterocycles. The number of para-hydroxylation sites is 1. The molecule has 0 bridgehead atoms. The van der Waals surface area contributed by atoms with Gasteiger partial charge >= 0.3 is 0 Å². The van der Waals surface area contributed by atoms with Gasteiger partial charge in [-0.1, -0.05) is 12.1 Å². The van der Waals surface area contributed by atoms with Crippen molar-refractivity contribution in [3.05, 3.63) is 24.3 Å². The number of benzene rings is 1. The molecule has 0 unspecified atom stereocenters. The lowest BCUT2D eigenvalue weighted by Crippen LogP contribution is -2.14. The van der Waals surface area contributed by atoms with Crippen LogP contribution >= 0.6 is 0 Å². The van der Waals surface area contributed by atoms with Gasteiger partial charge in [0, 0.05) is 7.11 Å². The summed E-state index contributed by atoms with van der Waals surface area (Å²) in [6, 6.07) is 6.11. The van der Waals surface area contributed by atoms with Crippen LogP contribution in [0.1, 0.15) is 0 Å². The summed E-state index contributed by atoms with van der Waals surface area (Å²) in [5.74, 6) is 0.192. The van der Waals surface area contributed by atoms with Gasteiger partial charge < -0.3 is 9.47 Å². The second-order valence-corrected chi connectivity index (χ2v) is 4.07. The van der Waals surface area contributed by atoms with Crippen LogP contribution in [-0.4, -0.2) is 22.3 Å². The Labute approximate surface area is 82.5 Å². The quantitative estimate of drug-likeness (QED) is 0.736. The van der Waals surface area contributed by atoms with Gasteiger partial charge in [-0.2, -0.15) is 0 Å². The van der Waals surface area contributed by atoms with Crippen LogP contribution in [0.15, 0.2) is 29.2 Å². The molecule has 0 saturated carbocycles. The first-order chi connectivity index (χ1) is 6.55. The molecular weight excluding hydrogens is 206 g/mol. The van der Waals surface area contributed by atoms with Crippen molar-refractivity contribution < 1.29 is 17.9 Å². The average Bonchev–Trinajstić information content (AvgIpc) is 2.14. The highest BCUT2D eigenvalue weighted by atomic mass is 32.2. The topological polar surface area (TPSA) is 78.6 Å². The van der Waals surface area contributed by atoms with E-state index in [-0.39, 0.29) is 17.4 Å². The molecule has 14 heavy (non-hydrogen) atoms. The third-order valence-corrected chi connectivity index (χ3v) is 2.44. The zero-order valence-corrected chi connectivity index (χ0v) is 8.45. The second kappa shape index (κ2) is 4.41. The monoisotopic (exact) mass is 217 g/mol. The molecule has 78 valence electrons. The van der Waals surface area contributed by atoms with E-state index >= 15 is 0 Å². The summed E-state index contributed by atoms with van der Waals surface area (Å²) in [7, 11) is -2.30. The van der Waals surface area contributed by atoms with Gasteiger partial charge in [0.25, 0.3) is 0 Å². The summed E-state index contributed by atoms with van der Waals surface area (Å²) in [6.07, 6.45) is 0. The normalized spacial score (nSPS) is 11.3. The summed E-state index contributed by atoms with van der Waals surface area (Å²) in [5, 5.41) is 4.98. The molecule has 0 aliphatic rings. The fourth-order valence-corrected chi connectivity index (χ4v) is 1.60. The number of rotatable bonds is 4. The Balaban J connectivity index is 3.04. The minimum absolute atomic E-state index is 0.0213. The van der Waals surface area contributed by atoms with E-state index in [1.807, 2.05) is 0 Å². The summed E-state index contributed by atoms with van der Waals surface area (Å²) < 4.78 is 31.8. The SMILES string of the molecule is COCOc1ccccc1S(N)(=O)=O. The van der Waals surface area contributed by atoms with Gasteiger partial charge in [0.1, 0.15) is 10.6 Å². The molecule has 6 heteroatoms. The maximum absolute atomic E-state index is 11.1. The predicted molar refractivity (Wildman–Crippen MR) is 50.3 cm³/mol. The van der Waals surface area contributed by atoms with Gasteiger partial charge in [0.2, 0.25) is 10.0 Å². The molecule has 1 aromatic rings. The van der Waals surface area contributed by atoms with Crippen molar-refractivity contribution in [1.82, 2.24) is 0 Å². The smallest absolute Gasteiger partial charge is 0.241 e. The van der Waals surface area contributed by atoms with Gasteiger partial charge in [-0.15, -0.1) is 0 Å². The first-order valence-electron chi connectivity index (χ1n) is 3.79. The molecule has 0 aliphatic carbocycles. The van der Waals surface area contributed by atoms with Crippen LogP contribution in [0.2, 0.25) is 0 Å². The van der Waals surface area contributed by atoms with Crippen molar-refractivity contribution >= 4 is 10.0 Å². The fraction of sp³-hybridized carbons (Fsp3) is 0.250. The van der Waals surface area contributed by atoms with Crippen molar-refractivity contribution in [1.29, 1.82) is 0 Å². The molecule has 0 spiro atoms. The fourth-order valence-electron chi connectivity index (χ4n) is 0.927. The highest BCUT2D eigenvalue weighted by Crippen LogP contribution is 2.21. The molecular formula is C8H11NO4S. The van der Waals surface area contributed by atoms with E-state index < -0.39 is 10.0 Å². The third kappa shape index (κ3) is 2.69. The van der Waals surface area contributed by atoms with Crippen LogP contribution in [0.5, 0.6) is 5.75 Å². The predicted octanol–water partition coefficient (Wildman–Crippen LogP) is 0.317. The highest BCUT2D eigenvalue weighted by Gasteiger charge is 2.13. The first-order valence-corrected chi connectivity index (χ1v) is 5.34. The van der Waals surface area contributed by atoms with Gasteiger partial charge in [0.15, 0.2) is 6.79 Å². The molecule has 1 rings (SSSR count). The van der Waals surface area contributed by atoms with E-state index in [1.54, 1.807) is 12.1 Å². The van der Waals surface area contributed by atoms with Gasteiger partial charge in [-0.05, 0) is 12.1 Å². The van der Waals surface area contributed by atoms with Gasteiger partial charge in [-0.3, -0.25) is 0 Å². The Morgan fingerprint density at radius 2 is 2.00 bits per heavy atom. The van der Waals surface area contributed by atoms with E-state index in [2.05, 4.69) is 4.74 Å². The molecule has 0 aliphatic heterocycles. The van der Waals surface area contributed by atoms with Crippen LogP contribution in [-0.2, 0) is 14.8 Å². The molecule has 0 aromatic heterocycles. The van der Waals surface area contributed by atoms with Crippen LogP contribution in [0, 0.1) is 0 Å². The highest BCUT2D eigenvalue weighted by molar-refractivity contribution is 7.89. The Morgan fingerprint density at radius 1 is 1.36 bits per heavy atom. The summed E-state index contributed by atoms with van der Waals surface area (Å²) in [5.41, 5.74) is 0. The third-order valence-electron chi connectivity index (χ3n) is 1.49. The van der Waals surface area contributed by atoms with Crippen molar-refractivity contribution in [3.8, 4) is 5.75 Å². The number of methoxy groups -OCH3 is 1. The first kappa shape index (κ1) is 11.0. The molecule has 0 fully saturated rings. The van der Waals surface area contributed by atoms with Crippen molar-refractivity contribution in [2.45, 2.75) is 4.90 Å². The summed E-state index contributed by atoms with van der Waals surface area (Å²) in [6.45, 7) is -0.0213. The largest absolute Gasteiger partial charge is 0.466 e. The van der Waals surface area contributed by atoms with E-state index in [0.29, 0.717) is 0 Å². The summed E-state index contributed by atoms with van der Waals surface area (Å²) >= 11 is 0. The standard InChI is InChI=1S/C8H11NO4S/c1-12-6-13-7-4-2-3-5-8(7)14(9,10)11/h2-5H,6H2,1H3,(H2,9,10,11). The maximum atomic E-state index is 11.1. The maximum Gasteiger partial charge on any atom is 0.241 e. The summed E-state index contributed by atoms with van der Waals surface area (Å²) in [4.78, 5) is -0.0444. The van der Waals surface area contributed by atoms with Crippen molar-refractivity contribution in [2.24, 2.45) is 5.14 Å². The Kier molecular flexibility index (Phi) is 3.45. The number of primary sulfonamides is 1. The minimum Gasteiger partial charge on any atom is -0.466 e. The lowest BCUT2D eigenvalue weighted by molar-refractivity contribution is 0.0490. The van der Waals surface area contributed by atoms with E-state index in [4.69, 9.17) is 9.88 Å². The van der Waals surface area contributed by atoms with Gasteiger partial charge in [0.05, 0.1) is 0 Å². The molecule has 5 nitrogen and oxygen atoms in total. The Hall–Kier alpha value is -1.11. The molecule has 2 N–H and O–H groups in total. The van der Waals surface area contributed by atoms with Crippen LogP contribution < -0.4 is 9.88 Å². The zero-order valence-electron chi connectivity index (χ0n) is 7.64.